The number of aliphatic imine (C=N–C) groups is 1. The molecule has 1 aromatic rings. The van der Waals surface area contributed by atoms with Crippen molar-refractivity contribution in [1.29, 1.82) is 0 Å². The van der Waals surface area contributed by atoms with Crippen LogP contribution in [0.1, 0.15) is 6.92 Å². The smallest absolute Gasteiger partial charge is 0.214 e. The fourth-order valence-electron chi connectivity index (χ4n) is 0.948. The van der Waals surface area contributed by atoms with Gasteiger partial charge < -0.3 is 4.74 Å². The first-order valence-corrected chi connectivity index (χ1v) is 5.08. The van der Waals surface area contributed by atoms with Crippen LogP contribution in [0.5, 0.6) is 5.75 Å². The molecular formula is C11H12BrNO. The van der Waals surface area contributed by atoms with Gasteiger partial charge >= 0.3 is 0 Å². The number of hydrogen-bond donors (Lipinski definition) is 0. The third-order valence-electron chi connectivity index (χ3n) is 1.55. The van der Waals surface area contributed by atoms with Gasteiger partial charge in [-0.3, -0.25) is 4.99 Å². The van der Waals surface area contributed by atoms with Crippen molar-refractivity contribution < 1.29 is 4.74 Å². The predicted molar refractivity (Wildman–Crippen MR) is 62.9 cm³/mol. The van der Waals surface area contributed by atoms with Crippen LogP contribution in [0.4, 0.5) is 0 Å². The summed E-state index contributed by atoms with van der Waals surface area (Å²) in [6.45, 7) is 1.93. The van der Waals surface area contributed by atoms with E-state index >= 15 is 0 Å². The van der Waals surface area contributed by atoms with Crippen molar-refractivity contribution in [2.75, 3.05) is 7.05 Å². The monoisotopic (exact) mass is 253 g/mol. The van der Waals surface area contributed by atoms with Crippen LogP contribution >= 0.6 is 15.9 Å². The van der Waals surface area contributed by atoms with Crippen molar-refractivity contribution >= 4 is 21.8 Å². The number of rotatable bonds is 2. The van der Waals surface area contributed by atoms with E-state index in [1.807, 2.05) is 43.3 Å². The van der Waals surface area contributed by atoms with E-state index in [1.165, 1.54) is 0 Å². The molecule has 0 saturated heterocycles. The van der Waals surface area contributed by atoms with Gasteiger partial charge in [-0.2, -0.15) is 0 Å². The van der Waals surface area contributed by atoms with Gasteiger partial charge in [0.25, 0.3) is 0 Å². The van der Waals surface area contributed by atoms with Crippen molar-refractivity contribution in [3.05, 3.63) is 40.9 Å². The lowest BCUT2D eigenvalue weighted by molar-refractivity contribution is 0.554. The molecular weight excluding hydrogens is 242 g/mol. The van der Waals surface area contributed by atoms with Gasteiger partial charge in [-0.1, -0.05) is 28.1 Å². The van der Waals surface area contributed by atoms with E-state index in [4.69, 9.17) is 4.74 Å². The molecule has 1 aromatic carbocycles. The van der Waals surface area contributed by atoms with Crippen LogP contribution in [0.2, 0.25) is 0 Å². The van der Waals surface area contributed by atoms with Crippen LogP contribution in [0.3, 0.4) is 0 Å². The van der Waals surface area contributed by atoms with E-state index < -0.39 is 0 Å². The first-order valence-electron chi connectivity index (χ1n) is 4.29. The number of allylic oxidation sites excluding steroid dienone is 1. The zero-order chi connectivity index (χ0) is 10.4. The largest absolute Gasteiger partial charge is 0.439 e. The minimum atomic E-state index is 0.602. The lowest BCUT2D eigenvalue weighted by Gasteiger charge is -2.04. The molecule has 3 heteroatoms. The van der Waals surface area contributed by atoms with Crippen molar-refractivity contribution in [2.45, 2.75) is 6.92 Å². The molecule has 14 heavy (non-hydrogen) atoms. The van der Waals surface area contributed by atoms with E-state index in [2.05, 4.69) is 20.9 Å². The summed E-state index contributed by atoms with van der Waals surface area (Å²) in [6, 6.07) is 7.65. The summed E-state index contributed by atoms with van der Waals surface area (Å²) >= 11 is 3.38. The Bertz CT molecular complexity index is 358. The second-order valence-corrected chi connectivity index (χ2v) is 3.54. The van der Waals surface area contributed by atoms with Crippen LogP contribution in [-0.4, -0.2) is 12.9 Å². The molecule has 0 N–H and O–H groups in total. The normalized spacial score (nSPS) is 12.1. The Morgan fingerprint density at radius 3 is 2.86 bits per heavy atom. The highest BCUT2D eigenvalue weighted by molar-refractivity contribution is 9.10. The zero-order valence-electron chi connectivity index (χ0n) is 8.20. The maximum atomic E-state index is 5.52. The average molecular weight is 254 g/mol. The van der Waals surface area contributed by atoms with Crippen LogP contribution < -0.4 is 4.74 Å². The molecule has 0 radical (unpaired) electrons. The fraction of sp³-hybridized carbons (Fsp3) is 0.182. The maximum Gasteiger partial charge on any atom is 0.214 e. The SMILES string of the molecule is C/C=C\C(=NC)Oc1cccc(Br)c1. The minimum Gasteiger partial charge on any atom is -0.439 e. The van der Waals surface area contributed by atoms with Crippen molar-refractivity contribution in [3.8, 4) is 5.75 Å². The maximum absolute atomic E-state index is 5.52. The lowest BCUT2D eigenvalue weighted by atomic mass is 10.3. The van der Waals surface area contributed by atoms with Crippen LogP contribution in [-0.2, 0) is 0 Å². The van der Waals surface area contributed by atoms with E-state index in [1.54, 1.807) is 7.05 Å². The molecule has 1 rings (SSSR count). The first kappa shape index (κ1) is 11.0. The van der Waals surface area contributed by atoms with Gasteiger partial charge in [-0.05, 0) is 31.2 Å². The van der Waals surface area contributed by atoms with Gasteiger partial charge in [0.05, 0.1) is 0 Å². The number of ether oxygens (including phenoxy) is 1. The Morgan fingerprint density at radius 1 is 1.50 bits per heavy atom. The Labute approximate surface area is 92.4 Å². The summed E-state index contributed by atoms with van der Waals surface area (Å²) in [4.78, 5) is 4.00. The molecule has 0 aliphatic carbocycles. The highest BCUT2D eigenvalue weighted by atomic mass is 79.9. The number of halogens is 1. The van der Waals surface area contributed by atoms with Gasteiger partial charge in [-0.15, -0.1) is 0 Å². The van der Waals surface area contributed by atoms with Crippen molar-refractivity contribution in [3.63, 3.8) is 0 Å². The third-order valence-corrected chi connectivity index (χ3v) is 2.04. The Kier molecular flexibility index (Phi) is 4.40. The van der Waals surface area contributed by atoms with Gasteiger partial charge in [0.15, 0.2) is 0 Å². The fourth-order valence-corrected chi connectivity index (χ4v) is 1.33. The van der Waals surface area contributed by atoms with Gasteiger partial charge in [0.1, 0.15) is 5.75 Å². The second-order valence-electron chi connectivity index (χ2n) is 2.62. The highest BCUT2D eigenvalue weighted by Crippen LogP contribution is 2.18. The molecule has 74 valence electrons. The zero-order valence-corrected chi connectivity index (χ0v) is 9.78. The molecule has 0 bridgehead atoms. The van der Waals surface area contributed by atoms with E-state index in [9.17, 15) is 0 Å². The molecule has 0 aliphatic heterocycles. The van der Waals surface area contributed by atoms with Crippen LogP contribution in [0.15, 0.2) is 45.9 Å². The number of nitrogens with zero attached hydrogens (tertiary/aromatic N) is 1. The van der Waals surface area contributed by atoms with Gasteiger partial charge in [0, 0.05) is 11.5 Å². The molecule has 0 aliphatic rings. The summed E-state index contributed by atoms with van der Waals surface area (Å²) in [7, 11) is 1.70. The Hall–Kier alpha value is -1.09. The van der Waals surface area contributed by atoms with Crippen molar-refractivity contribution in [2.24, 2.45) is 4.99 Å². The summed E-state index contributed by atoms with van der Waals surface area (Å²) in [5, 5.41) is 0. The Morgan fingerprint density at radius 2 is 2.29 bits per heavy atom. The Balaban J connectivity index is 2.77. The van der Waals surface area contributed by atoms with Crippen LogP contribution in [0, 0.1) is 0 Å². The predicted octanol–water partition coefficient (Wildman–Crippen LogP) is 3.43. The van der Waals surface area contributed by atoms with Gasteiger partial charge in [-0.25, -0.2) is 0 Å². The van der Waals surface area contributed by atoms with Crippen molar-refractivity contribution in [1.82, 2.24) is 0 Å². The molecule has 0 spiro atoms. The first-order chi connectivity index (χ1) is 6.76. The quantitative estimate of drug-likeness (QED) is 0.585. The minimum absolute atomic E-state index is 0.602. The molecule has 0 fully saturated rings. The molecule has 0 amide bonds. The molecule has 0 heterocycles. The number of hydrogen-bond acceptors (Lipinski definition) is 2. The van der Waals surface area contributed by atoms with E-state index in [0.717, 1.165) is 10.2 Å². The second kappa shape index (κ2) is 5.60. The molecule has 0 atom stereocenters. The van der Waals surface area contributed by atoms with E-state index in [0.29, 0.717) is 5.90 Å². The molecule has 2 nitrogen and oxygen atoms in total. The highest BCUT2D eigenvalue weighted by Gasteiger charge is 1.97. The summed E-state index contributed by atoms with van der Waals surface area (Å²) in [6.07, 6.45) is 3.71. The van der Waals surface area contributed by atoms with E-state index in [-0.39, 0.29) is 0 Å². The van der Waals surface area contributed by atoms with Gasteiger partial charge in [0.2, 0.25) is 5.90 Å². The third kappa shape index (κ3) is 3.34. The molecule has 0 aromatic heterocycles. The van der Waals surface area contributed by atoms with Crippen LogP contribution in [0.25, 0.3) is 0 Å². The molecule has 0 unspecified atom stereocenters. The summed E-state index contributed by atoms with van der Waals surface area (Å²) in [5.41, 5.74) is 0. The topological polar surface area (TPSA) is 21.6 Å². The number of benzene rings is 1. The standard InChI is InChI=1S/C11H12BrNO/c1-3-5-11(13-2)14-10-7-4-6-9(12)8-10/h3-8H,1-2H3/b5-3-,13-11?. The summed E-state index contributed by atoms with van der Waals surface area (Å²) < 4.78 is 6.51. The average Bonchev–Trinajstić information content (AvgIpc) is 2.17. The molecule has 0 saturated carbocycles. The summed E-state index contributed by atoms with van der Waals surface area (Å²) in [5.74, 6) is 1.38. The lowest BCUT2D eigenvalue weighted by Crippen LogP contribution is -2.04.